The van der Waals surface area contributed by atoms with E-state index in [0.717, 1.165) is 24.1 Å². The number of likely N-dealkylation sites (tertiary alicyclic amines) is 1. The molecule has 1 saturated heterocycles. The quantitative estimate of drug-likeness (QED) is 0.889. The van der Waals surface area contributed by atoms with Gasteiger partial charge in [-0.3, -0.25) is 4.79 Å². The Kier molecular flexibility index (Phi) is 5.49. The first-order valence-electron chi connectivity index (χ1n) is 8.54. The van der Waals surface area contributed by atoms with Crippen molar-refractivity contribution in [1.29, 1.82) is 0 Å². The smallest absolute Gasteiger partial charge is 0.241 e. The fourth-order valence-corrected chi connectivity index (χ4v) is 3.23. The third kappa shape index (κ3) is 4.15. The number of piperidine rings is 1. The van der Waals surface area contributed by atoms with Crippen LogP contribution in [0.3, 0.4) is 0 Å². The fourth-order valence-electron chi connectivity index (χ4n) is 3.23. The standard InChI is InChI=1S/C20H24N2O2/c23-19(15-21-18-9-5-2-6-10-18)22-13-11-17(12-14-22)20(24)16-7-3-1-4-8-16/h1-10,17,20-21,24H,11-15H2. The molecule has 1 heterocycles. The van der Waals surface area contributed by atoms with E-state index in [0.29, 0.717) is 19.6 Å². The van der Waals surface area contributed by atoms with Crippen LogP contribution in [0.5, 0.6) is 0 Å². The number of anilines is 1. The first kappa shape index (κ1) is 16.5. The molecule has 24 heavy (non-hydrogen) atoms. The molecule has 1 aliphatic heterocycles. The summed E-state index contributed by atoms with van der Waals surface area (Å²) in [5, 5.41) is 13.7. The third-order valence-electron chi connectivity index (χ3n) is 4.70. The van der Waals surface area contributed by atoms with Gasteiger partial charge in [0.15, 0.2) is 0 Å². The van der Waals surface area contributed by atoms with E-state index in [9.17, 15) is 9.90 Å². The molecule has 126 valence electrons. The number of para-hydroxylation sites is 1. The number of carbonyl (C=O) groups is 1. The number of rotatable bonds is 5. The van der Waals surface area contributed by atoms with E-state index in [-0.39, 0.29) is 11.8 Å². The van der Waals surface area contributed by atoms with Crippen molar-refractivity contribution < 1.29 is 9.90 Å². The largest absolute Gasteiger partial charge is 0.388 e. The monoisotopic (exact) mass is 324 g/mol. The highest BCUT2D eigenvalue weighted by molar-refractivity contribution is 5.80. The van der Waals surface area contributed by atoms with Crippen molar-refractivity contribution in [1.82, 2.24) is 4.90 Å². The van der Waals surface area contributed by atoms with Gasteiger partial charge in [-0.25, -0.2) is 0 Å². The Morgan fingerprint density at radius 1 is 1.04 bits per heavy atom. The molecular weight excluding hydrogens is 300 g/mol. The van der Waals surface area contributed by atoms with Gasteiger partial charge in [-0.2, -0.15) is 0 Å². The van der Waals surface area contributed by atoms with E-state index < -0.39 is 6.10 Å². The van der Waals surface area contributed by atoms with Crippen LogP contribution < -0.4 is 5.32 Å². The number of nitrogens with one attached hydrogen (secondary N) is 1. The average molecular weight is 324 g/mol. The molecule has 1 aliphatic rings. The first-order valence-corrected chi connectivity index (χ1v) is 8.54. The molecule has 0 bridgehead atoms. The summed E-state index contributed by atoms with van der Waals surface area (Å²) in [6, 6.07) is 19.5. The molecule has 0 radical (unpaired) electrons. The molecule has 0 aromatic heterocycles. The summed E-state index contributed by atoms with van der Waals surface area (Å²) in [5.74, 6) is 0.338. The van der Waals surface area contributed by atoms with Crippen LogP contribution in [-0.4, -0.2) is 35.5 Å². The minimum absolute atomic E-state index is 0.117. The summed E-state index contributed by atoms with van der Waals surface area (Å²) in [4.78, 5) is 14.2. The van der Waals surface area contributed by atoms with Gasteiger partial charge in [0.25, 0.3) is 0 Å². The highest BCUT2D eigenvalue weighted by Crippen LogP contribution is 2.30. The van der Waals surface area contributed by atoms with E-state index in [1.54, 1.807) is 0 Å². The maximum absolute atomic E-state index is 12.3. The van der Waals surface area contributed by atoms with Gasteiger partial charge in [0.2, 0.25) is 5.91 Å². The van der Waals surface area contributed by atoms with Crippen molar-refractivity contribution >= 4 is 11.6 Å². The van der Waals surface area contributed by atoms with Gasteiger partial charge in [-0.1, -0.05) is 48.5 Å². The van der Waals surface area contributed by atoms with E-state index in [1.165, 1.54) is 0 Å². The second-order valence-corrected chi connectivity index (χ2v) is 6.29. The zero-order valence-electron chi connectivity index (χ0n) is 13.8. The summed E-state index contributed by atoms with van der Waals surface area (Å²) in [7, 11) is 0. The topological polar surface area (TPSA) is 52.6 Å². The fraction of sp³-hybridized carbons (Fsp3) is 0.350. The normalized spacial score (nSPS) is 16.6. The Bertz CT molecular complexity index is 637. The second kappa shape index (κ2) is 7.97. The van der Waals surface area contributed by atoms with Crippen LogP contribution in [0.4, 0.5) is 5.69 Å². The zero-order chi connectivity index (χ0) is 16.8. The van der Waals surface area contributed by atoms with E-state index in [4.69, 9.17) is 0 Å². The van der Waals surface area contributed by atoms with Crippen molar-refractivity contribution in [3.63, 3.8) is 0 Å². The van der Waals surface area contributed by atoms with E-state index >= 15 is 0 Å². The van der Waals surface area contributed by atoms with Crippen molar-refractivity contribution in [3.8, 4) is 0 Å². The lowest BCUT2D eigenvalue weighted by atomic mass is 9.87. The third-order valence-corrected chi connectivity index (χ3v) is 4.70. The number of benzene rings is 2. The molecule has 1 atom stereocenters. The van der Waals surface area contributed by atoms with Crippen LogP contribution >= 0.6 is 0 Å². The summed E-state index contributed by atoms with van der Waals surface area (Å²) >= 11 is 0. The van der Waals surface area contributed by atoms with Crippen LogP contribution in [0, 0.1) is 5.92 Å². The molecule has 4 heteroatoms. The maximum Gasteiger partial charge on any atom is 0.241 e. The number of hydrogen-bond acceptors (Lipinski definition) is 3. The lowest BCUT2D eigenvalue weighted by Crippen LogP contribution is -2.42. The van der Waals surface area contributed by atoms with Crippen molar-refractivity contribution in [2.45, 2.75) is 18.9 Å². The van der Waals surface area contributed by atoms with Crippen molar-refractivity contribution in [3.05, 3.63) is 66.2 Å². The van der Waals surface area contributed by atoms with Gasteiger partial charge in [0, 0.05) is 18.8 Å². The van der Waals surface area contributed by atoms with Gasteiger partial charge >= 0.3 is 0 Å². The van der Waals surface area contributed by atoms with Crippen LogP contribution in [0.2, 0.25) is 0 Å². The molecule has 1 unspecified atom stereocenters. The average Bonchev–Trinajstić information content (AvgIpc) is 2.67. The van der Waals surface area contributed by atoms with Crippen molar-refractivity contribution in [2.24, 2.45) is 5.92 Å². The molecule has 4 nitrogen and oxygen atoms in total. The highest BCUT2D eigenvalue weighted by Gasteiger charge is 2.27. The Morgan fingerprint density at radius 2 is 1.62 bits per heavy atom. The number of aliphatic hydroxyl groups excluding tert-OH is 1. The molecule has 2 N–H and O–H groups in total. The number of amides is 1. The molecule has 0 spiro atoms. The number of carbonyl (C=O) groups excluding carboxylic acids is 1. The van der Waals surface area contributed by atoms with E-state index in [1.807, 2.05) is 65.6 Å². The highest BCUT2D eigenvalue weighted by atomic mass is 16.3. The summed E-state index contributed by atoms with van der Waals surface area (Å²) in [6.07, 6.45) is 1.24. The molecule has 1 amide bonds. The Morgan fingerprint density at radius 3 is 2.25 bits per heavy atom. The van der Waals surface area contributed by atoms with E-state index in [2.05, 4.69) is 5.32 Å². The molecule has 0 aliphatic carbocycles. The Balaban J connectivity index is 1.47. The molecule has 1 fully saturated rings. The lowest BCUT2D eigenvalue weighted by molar-refractivity contribution is -0.131. The summed E-state index contributed by atoms with van der Waals surface area (Å²) in [5.41, 5.74) is 1.92. The van der Waals surface area contributed by atoms with Gasteiger partial charge in [0.05, 0.1) is 12.6 Å². The number of nitrogens with zero attached hydrogens (tertiary/aromatic N) is 1. The molecule has 2 aromatic rings. The Labute approximate surface area is 143 Å². The minimum atomic E-state index is -0.439. The second-order valence-electron chi connectivity index (χ2n) is 6.29. The molecule has 3 rings (SSSR count). The van der Waals surface area contributed by atoms with Crippen LogP contribution in [-0.2, 0) is 4.79 Å². The van der Waals surface area contributed by atoms with Gasteiger partial charge in [-0.05, 0) is 36.5 Å². The van der Waals surface area contributed by atoms with Crippen LogP contribution in [0.25, 0.3) is 0 Å². The van der Waals surface area contributed by atoms with Gasteiger partial charge in [-0.15, -0.1) is 0 Å². The van der Waals surface area contributed by atoms with Crippen LogP contribution in [0.1, 0.15) is 24.5 Å². The molecule has 0 saturated carbocycles. The first-order chi connectivity index (χ1) is 11.7. The number of hydrogen-bond donors (Lipinski definition) is 2. The van der Waals surface area contributed by atoms with Gasteiger partial charge < -0.3 is 15.3 Å². The zero-order valence-corrected chi connectivity index (χ0v) is 13.8. The SMILES string of the molecule is O=C(CNc1ccccc1)N1CCC(C(O)c2ccccc2)CC1. The van der Waals surface area contributed by atoms with Crippen molar-refractivity contribution in [2.75, 3.05) is 25.0 Å². The number of aliphatic hydroxyl groups is 1. The van der Waals surface area contributed by atoms with Crippen LogP contribution in [0.15, 0.2) is 60.7 Å². The summed E-state index contributed by atoms with van der Waals surface area (Å²) in [6.45, 7) is 1.74. The predicted octanol–water partition coefficient (Wildman–Crippen LogP) is 3.07. The summed E-state index contributed by atoms with van der Waals surface area (Å²) < 4.78 is 0. The van der Waals surface area contributed by atoms with Gasteiger partial charge in [0.1, 0.15) is 0 Å². The maximum atomic E-state index is 12.3. The lowest BCUT2D eigenvalue weighted by Gasteiger charge is -2.34. The molecular formula is C20H24N2O2. The minimum Gasteiger partial charge on any atom is -0.388 e. The molecule has 2 aromatic carbocycles. The Hall–Kier alpha value is -2.33. The predicted molar refractivity (Wildman–Crippen MR) is 95.6 cm³/mol.